The summed E-state index contributed by atoms with van der Waals surface area (Å²) in [5.74, 6) is -1.02. The topological polar surface area (TPSA) is 63.4 Å². The standard InChI is InChI=1S/C15H17FN2O2/c16-12-7-2-1-4-11(12)13(17)8-18-14(19)9-5-3-6-10(9)15(18)20/h1-2,4,7,9-10,13H,3,5-6,8,17H2. The molecule has 2 amide bonds. The number of benzene rings is 1. The normalized spacial score (nSPS) is 27.0. The number of carbonyl (C=O) groups excluding carboxylic acids is 2. The molecule has 0 spiro atoms. The molecule has 1 saturated heterocycles. The van der Waals surface area contributed by atoms with Crippen LogP contribution in [-0.4, -0.2) is 23.3 Å². The van der Waals surface area contributed by atoms with Crippen molar-refractivity contribution in [1.29, 1.82) is 0 Å². The summed E-state index contributed by atoms with van der Waals surface area (Å²) in [6.45, 7) is 0.0611. The third-order valence-electron chi connectivity index (χ3n) is 4.37. The lowest BCUT2D eigenvalue weighted by molar-refractivity contribution is -0.140. The molecular formula is C15H17FN2O2. The summed E-state index contributed by atoms with van der Waals surface area (Å²) in [7, 11) is 0. The molecule has 2 aliphatic rings. The monoisotopic (exact) mass is 276 g/mol. The number of hydrogen-bond donors (Lipinski definition) is 1. The van der Waals surface area contributed by atoms with Crippen LogP contribution in [0.1, 0.15) is 30.9 Å². The highest BCUT2D eigenvalue weighted by molar-refractivity contribution is 6.05. The fraction of sp³-hybridized carbons (Fsp3) is 0.467. The Hall–Kier alpha value is -1.75. The Bertz CT molecular complexity index is 539. The van der Waals surface area contributed by atoms with E-state index in [2.05, 4.69) is 0 Å². The van der Waals surface area contributed by atoms with Gasteiger partial charge in [0, 0.05) is 12.1 Å². The smallest absolute Gasteiger partial charge is 0.233 e. The Morgan fingerprint density at radius 2 is 1.80 bits per heavy atom. The van der Waals surface area contributed by atoms with Crippen molar-refractivity contribution in [2.24, 2.45) is 17.6 Å². The van der Waals surface area contributed by atoms with Gasteiger partial charge in [0.2, 0.25) is 11.8 Å². The molecule has 1 aliphatic carbocycles. The van der Waals surface area contributed by atoms with E-state index in [9.17, 15) is 14.0 Å². The number of carbonyl (C=O) groups is 2. The molecule has 106 valence electrons. The first-order valence-electron chi connectivity index (χ1n) is 6.95. The number of likely N-dealkylation sites (tertiary alicyclic amines) is 1. The van der Waals surface area contributed by atoms with Gasteiger partial charge in [-0.15, -0.1) is 0 Å². The Kier molecular flexibility index (Phi) is 3.30. The van der Waals surface area contributed by atoms with Gasteiger partial charge >= 0.3 is 0 Å². The number of nitrogens with two attached hydrogens (primary N) is 1. The second-order valence-corrected chi connectivity index (χ2v) is 5.56. The summed E-state index contributed by atoms with van der Waals surface area (Å²) in [4.78, 5) is 25.6. The molecule has 4 nitrogen and oxygen atoms in total. The second-order valence-electron chi connectivity index (χ2n) is 5.56. The molecule has 1 heterocycles. The molecule has 0 radical (unpaired) electrons. The van der Waals surface area contributed by atoms with Crippen LogP contribution in [0, 0.1) is 17.7 Å². The second kappa shape index (κ2) is 4.98. The fourth-order valence-corrected chi connectivity index (χ4v) is 3.31. The van der Waals surface area contributed by atoms with E-state index in [4.69, 9.17) is 5.73 Å². The fourth-order valence-electron chi connectivity index (χ4n) is 3.31. The van der Waals surface area contributed by atoms with Gasteiger partial charge in [0.05, 0.1) is 17.9 Å². The zero-order valence-electron chi connectivity index (χ0n) is 11.1. The summed E-state index contributed by atoms with van der Waals surface area (Å²) in [6.07, 6.45) is 2.49. The maximum Gasteiger partial charge on any atom is 0.233 e. The van der Waals surface area contributed by atoms with Gasteiger partial charge in [0.15, 0.2) is 0 Å². The molecule has 20 heavy (non-hydrogen) atoms. The van der Waals surface area contributed by atoms with Crippen molar-refractivity contribution in [3.8, 4) is 0 Å². The number of fused-ring (bicyclic) bond motifs is 1. The lowest BCUT2D eigenvalue weighted by Crippen LogP contribution is -2.38. The number of nitrogens with zero attached hydrogens (tertiary/aromatic N) is 1. The molecule has 1 aromatic carbocycles. The van der Waals surface area contributed by atoms with Crippen LogP contribution < -0.4 is 5.73 Å². The van der Waals surface area contributed by atoms with Crippen LogP contribution in [0.25, 0.3) is 0 Å². The Labute approximate surface area is 116 Å². The minimum atomic E-state index is -0.678. The SMILES string of the molecule is NC(CN1C(=O)C2CCCC2C1=O)c1ccccc1F. The van der Waals surface area contributed by atoms with Gasteiger partial charge in [-0.1, -0.05) is 24.6 Å². The van der Waals surface area contributed by atoms with Crippen molar-refractivity contribution >= 4 is 11.8 Å². The van der Waals surface area contributed by atoms with Crippen LogP contribution in [0.5, 0.6) is 0 Å². The van der Waals surface area contributed by atoms with Gasteiger partial charge in [-0.2, -0.15) is 0 Å². The molecule has 3 unspecified atom stereocenters. The number of halogens is 1. The van der Waals surface area contributed by atoms with Crippen molar-refractivity contribution in [2.75, 3.05) is 6.54 Å². The lowest BCUT2D eigenvalue weighted by Gasteiger charge is -2.21. The Morgan fingerprint density at radius 1 is 1.20 bits per heavy atom. The average molecular weight is 276 g/mol. The largest absolute Gasteiger partial charge is 0.322 e. The van der Waals surface area contributed by atoms with Crippen LogP contribution >= 0.6 is 0 Å². The molecule has 5 heteroatoms. The molecule has 3 rings (SSSR count). The van der Waals surface area contributed by atoms with Gasteiger partial charge in [-0.3, -0.25) is 14.5 Å². The van der Waals surface area contributed by atoms with E-state index in [0.717, 1.165) is 19.3 Å². The molecule has 2 fully saturated rings. The van der Waals surface area contributed by atoms with E-state index in [1.165, 1.54) is 11.0 Å². The van der Waals surface area contributed by atoms with Gasteiger partial charge < -0.3 is 5.73 Å². The summed E-state index contributed by atoms with van der Waals surface area (Å²) >= 11 is 0. The quantitative estimate of drug-likeness (QED) is 0.853. The van der Waals surface area contributed by atoms with Crippen molar-refractivity contribution in [1.82, 2.24) is 4.90 Å². The molecule has 2 N–H and O–H groups in total. The van der Waals surface area contributed by atoms with Gasteiger partial charge in [0.1, 0.15) is 5.82 Å². The molecule has 0 aromatic heterocycles. The summed E-state index contributed by atoms with van der Waals surface area (Å²) in [5, 5.41) is 0. The van der Waals surface area contributed by atoms with Crippen LogP contribution in [0.15, 0.2) is 24.3 Å². The molecule has 1 saturated carbocycles. The number of imide groups is 1. The predicted molar refractivity (Wildman–Crippen MR) is 70.9 cm³/mol. The van der Waals surface area contributed by atoms with E-state index in [1.54, 1.807) is 18.2 Å². The molecule has 3 atom stereocenters. The summed E-state index contributed by atoms with van der Waals surface area (Å²) < 4.78 is 13.7. The highest BCUT2D eigenvalue weighted by Gasteiger charge is 2.49. The first kappa shape index (κ1) is 13.2. The maximum atomic E-state index is 13.7. The van der Waals surface area contributed by atoms with E-state index in [1.807, 2.05) is 0 Å². The van der Waals surface area contributed by atoms with Crippen LogP contribution in [-0.2, 0) is 9.59 Å². The predicted octanol–water partition coefficient (Wildman–Crippen LogP) is 1.61. The van der Waals surface area contributed by atoms with Gasteiger partial charge in [-0.25, -0.2) is 4.39 Å². The number of hydrogen-bond acceptors (Lipinski definition) is 3. The van der Waals surface area contributed by atoms with Crippen LogP contribution in [0.3, 0.4) is 0 Å². The minimum absolute atomic E-state index is 0.0611. The third kappa shape index (κ3) is 2.02. The maximum absolute atomic E-state index is 13.7. The average Bonchev–Trinajstić information content (AvgIpc) is 2.99. The van der Waals surface area contributed by atoms with Gasteiger partial charge in [-0.05, 0) is 18.9 Å². The Morgan fingerprint density at radius 3 is 2.40 bits per heavy atom. The Balaban J connectivity index is 1.77. The molecule has 1 aliphatic heterocycles. The van der Waals surface area contributed by atoms with Crippen LogP contribution in [0.2, 0.25) is 0 Å². The van der Waals surface area contributed by atoms with Crippen LogP contribution in [0.4, 0.5) is 4.39 Å². The highest BCUT2D eigenvalue weighted by Crippen LogP contribution is 2.40. The molecule has 1 aromatic rings. The summed E-state index contributed by atoms with van der Waals surface area (Å²) in [5.41, 5.74) is 6.30. The van der Waals surface area contributed by atoms with E-state index < -0.39 is 11.9 Å². The zero-order valence-corrected chi connectivity index (χ0v) is 11.1. The number of amides is 2. The summed E-state index contributed by atoms with van der Waals surface area (Å²) in [6, 6.07) is 5.52. The van der Waals surface area contributed by atoms with E-state index >= 15 is 0 Å². The molecular weight excluding hydrogens is 259 g/mol. The zero-order chi connectivity index (χ0) is 14.3. The highest BCUT2D eigenvalue weighted by atomic mass is 19.1. The van der Waals surface area contributed by atoms with Crippen molar-refractivity contribution < 1.29 is 14.0 Å². The lowest BCUT2D eigenvalue weighted by atomic mass is 10.00. The molecule has 0 bridgehead atoms. The van der Waals surface area contributed by atoms with Crippen molar-refractivity contribution in [2.45, 2.75) is 25.3 Å². The van der Waals surface area contributed by atoms with E-state index in [-0.39, 0.29) is 30.2 Å². The number of rotatable bonds is 3. The van der Waals surface area contributed by atoms with Crippen molar-refractivity contribution in [3.63, 3.8) is 0 Å². The minimum Gasteiger partial charge on any atom is -0.322 e. The van der Waals surface area contributed by atoms with Gasteiger partial charge in [0.25, 0.3) is 0 Å². The third-order valence-corrected chi connectivity index (χ3v) is 4.37. The first-order valence-corrected chi connectivity index (χ1v) is 6.95. The van der Waals surface area contributed by atoms with E-state index in [0.29, 0.717) is 5.56 Å². The first-order chi connectivity index (χ1) is 9.59. The van der Waals surface area contributed by atoms with Crippen molar-refractivity contribution in [3.05, 3.63) is 35.6 Å².